The second-order valence-electron chi connectivity index (χ2n) is 8.65. The third-order valence-electron chi connectivity index (χ3n) is 6.19. The molecule has 36 heavy (non-hydrogen) atoms. The standard InChI is InChI=1S/C28H23ClN4O3/c1-33-15-14-30-27(33)19-7-10-21(11-8-19)31-26(18-5-2-17(3-6-18)4-13-24(34)35)25-22-12-9-20(29)16-23(22)32-28(25)36/h2-3,5-12,14-16,25H,4,13H2,1H3,(H,32,36)(H,34,35). The molecule has 5 rings (SSSR count). The summed E-state index contributed by atoms with van der Waals surface area (Å²) < 4.78 is 1.94. The number of rotatable bonds is 7. The molecule has 1 atom stereocenters. The summed E-state index contributed by atoms with van der Waals surface area (Å²) in [5.41, 5.74) is 5.44. The molecule has 0 bridgehead atoms. The van der Waals surface area contributed by atoms with E-state index in [0.717, 1.165) is 28.1 Å². The summed E-state index contributed by atoms with van der Waals surface area (Å²) in [5, 5.41) is 12.4. The van der Waals surface area contributed by atoms with E-state index in [1.807, 2.05) is 72.4 Å². The van der Waals surface area contributed by atoms with Gasteiger partial charge in [-0.15, -0.1) is 0 Å². The lowest BCUT2D eigenvalue weighted by atomic mass is 9.90. The Morgan fingerprint density at radius 2 is 1.86 bits per heavy atom. The zero-order valence-electron chi connectivity index (χ0n) is 19.5. The van der Waals surface area contributed by atoms with Crippen LogP contribution in [0.25, 0.3) is 11.4 Å². The maximum Gasteiger partial charge on any atom is 0.303 e. The number of aromatic nitrogens is 2. The number of carbonyl (C=O) groups excluding carboxylic acids is 1. The molecule has 1 aromatic heterocycles. The summed E-state index contributed by atoms with van der Waals surface area (Å²) in [6.07, 6.45) is 4.13. The molecule has 0 radical (unpaired) electrons. The molecule has 1 unspecified atom stereocenters. The number of carboxylic acids is 1. The van der Waals surface area contributed by atoms with Gasteiger partial charge in [-0.05, 0) is 59.5 Å². The fourth-order valence-electron chi connectivity index (χ4n) is 4.36. The highest BCUT2D eigenvalue weighted by Gasteiger charge is 2.35. The number of fused-ring (bicyclic) bond motifs is 1. The molecule has 0 saturated carbocycles. The van der Waals surface area contributed by atoms with Crippen LogP contribution in [0.1, 0.15) is 29.0 Å². The number of carboxylic acid groups (broad SMARTS) is 1. The van der Waals surface area contributed by atoms with Crippen molar-refractivity contribution in [2.45, 2.75) is 18.8 Å². The summed E-state index contributed by atoms with van der Waals surface area (Å²) in [5.74, 6) is -0.779. The summed E-state index contributed by atoms with van der Waals surface area (Å²) in [7, 11) is 1.94. The Bertz CT molecular complexity index is 1470. The number of nitrogens with zero attached hydrogens (tertiary/aromatic N) is 3. The van der Waals surface area contributed by atoms with Gasteiger partial charge in [0.2, 0.25) is 5.91 Å². The van der Waals surface area contributed by atoms with Gasteiger partial charge in [-0.3, -0.25) is 14.6 Å². The lowest BCUT2D eigenvalue weighted by Crippen LogP contribution is -2.22. The third kappa shape index (κ3) is 4.78. The Labute approximate surface area is 213 Å². The minimum absolute atomic E-state index is 0.0573. The predicted molar refractivity (Wildman–Crippen MR) is 140 cm³/mol. The molecule has 180 valence electrons. The van der Waals surface area contributed by atoms with E-state index in [4.69, 9.17) is 21.7 Å². The topological polar surface area (TPSA) is 96.6 Å². The summed E-state index contributed by atoms with van der Waals surface area (Å²) in [6, 6.07) is 20.6. The highest BCUT2D eigenvalue weighted by molar-refractivity contribution is 6.31. The lowest BCUT2D eigenvalue weighted by molar-refractivity contribution is -0.137. The van der Waals surface area contributed by atoms with Gasteiger partial charge < -0.3 is 15.0 Å². The van der Waals surface area contributed by atoms with Crippen LogP contribution in [0.2, 0.25) is 5.02 Å². The van der Waals surface area contributed by atoms with Crippen molar-refractivity contribution in [3.8, 4) is 11.4 Å². The van der Waals surface area contributed by atoms with Gasteiger partial charge in [0.05, 0.1) is 11.4 Å². The van der Waals surface area contributed by atoms with Crippen LogP contribution in [0.5, 0.6) is 0 Å². The first-order valence-corrected chi connectivity index (χ1v) is 11.8. The van der Waals surface area contributed by atoms with Crippen LogP contribution in [0.4, 0.5) is 11.4 Å². The second-order valence-corrected chi connectivity index (χ2v) is 9.09. The van der Waals surface area contributed by atoms with Gasteiger partial charge in [0.15, 0.2) is 0 Å². The molecule has 1 amide bonds. The maximum absolute atomic E-state index is 13.1. The molecule has 0 spiro atoms. The van der Waals surface area contributed by atoms with Crippen molar-refractivity contribution in [3.63, 3.8) is 0 Å². The van der Waals surface area contributed by atoms with Crippen LogP contribution in [-0.4, -0.2) is 32.2 Å². The smallest absolute Gasteiger partial charge is 0.303 e. The first-order chi connectivity index (χ1) is 17.4. The number of aryl methyl sites for hydroxylation is 2. The van der Waals surface area contributed by atoms with Crippen LogP contribution >= 0.6 is 11.6 Å². The van der Waals surface area contributed by atoms with Crippen molar-refractivity contribution >= 4 is 40.6 Å². The van der Waals surface area contributed by atoms with E-state index in [1.165, 1.54) is 0 Å². The molecular formula is C28H23ClN4O3. The molecule has 8 heteroatoms. The SMILES string of the molecule is Cn1ccnc1-c1ccc(N=C(c2ccc(CCC(=O)O)cc2)C2C(=O)Nc3cc(Cl)ccc32)cc1. The van der Waals surface area contributed by atoms with Crippen LogP contribution in [0.15, 0.2) is 84.1 Å². The molecule has 0 fully saturated rings. The maximum atomic E-state index is 13.1. The molecule has 1 aliphatic heterocycles. The Hall–Kier alpha value is -4.23. The van der Waals surface area contributed by atoms with Gasteiger partial charge in [-0.2, -0.15) is 0 Å². The van der Waals surface area contributed by atoms with Crippen molar-refractivity contribution in [2.75, 3.05) is 5.32 Å². The monoisotopic (exact) mass is 498 g/mol. The number of hydrogen-bond donors (Lipinski definition) is 2. The highest BCUT2D eigenvalue weighted by atomic mass is 35.5. The fourth-order valence-corrected chi connectivity index (χ4v) is 4.54. The number of anilines is 1. The molecule has 7 nitrogen and oxygen atoms in total. The summed E-state index contributed by atoms with van der Waals surface area (Å²) >= 11 is 6.15. The lowest BCUT2D eigenvalue weighted by Gasteiger charge is -2.15. The Morgan fingerprint density at radius 1 is 1.11 bits per heavy atom. The molecule has 4 aromatic rings. The number of halogens is 1. The van der Waals surface area contributed by atoms with Crippen molar-refractivity contribution < 1.29 is 14.7 Å². The number of nitrogens with one attached hydrogen (secondary N) is 1. The van der Waals surface area contributed by atoms with E-state index in [-0.39, 0.29) is 12.3 Å². The largest absolute Gasteiger partial charge is 0.481 e. The fraction of sp³-hybridized carbons (Fsp3) is 0.143. The average Bonchev–Trinajstić information content (AvgIpc) is 3.43. The van der Waals surface area contributed by atoms with Crippen LogP contribution in [0.3, 0.4) is 0 Å². The van der Waals surface area contributed by atoms with E-state index in [1.54, 1.807) is 18.3 Å². The minimum atomic E-state index is -0.840. The second kappa shape index (κ2) is 9.79. The molecule has 0 saturated heterocycles. The average molecular weight is 499 g/mol. The van der Waals surface area contributed by atoms with Gasteiger partial charge in [0.25, 0.3) is 0 Å². The quantitative estimate of drug-likeness (QED) is 0.323. The third-order valence-corrected chi connectivity index (χ3v) is 6.43. The van der Waals surface area contributed by atoms with Crippen molar-refractivity contribution in [3.05, 3.63) is 101 Å². The van der Waals surface area contributed by atoms with Gasteiger partial charge in [-0.1, -0.05) is 41.9 Å². The molecule has 0 aliphatic carbocycles. The number of hydrogen-bond acceptors (Lipinski definition) is 4. The highest BCUT2D eigenvalue weighted by Crippen LogP contribution is 2.38. The van der Waals surface area contributed by atoms with E-state index in [9.17, 15) is 9.59 Å². The van der Waals surface area contributed by atoms with Crippen molar-refractivity contribution in [2.24, 2.45) is 12.0 Å². The van der Waals surface area contributed by atoms with Gasteiger partial charge in [-0.25, -0.2) is 4.98 Å². The van der Waals surface area contributed by atoms with Gasteiger partial charge in [0, 0.05) is 42.1 Å². The number of imidazole rings is 1. The van der Waals surface area contributed by atoms with Gasteiger partial charge in [0.1, 0.15) is 11.7 Å². The van der Waals surface area contributed by atoms with E-state index < -0.39 is 11.9 Å². The predicted octanol–water partition coefficient (Wildman–Crippen LogP) is 5.61. The van der Waals surface area contributed by atoms with E-state index in [0.29, 0.717) is 28.5 Å². The van der Waals surface area contributed by atoms with Crippen LogP contribution in [0, 0.1) is 0 Å². The van der Waals surface area contributed by atoms with Gasteiger partial charge >= 0.3 is 5.97 Å². The van der Waals surface area contributed by atoms with Crippen LogP contribution in [-0.2, 0) is 23.1 Å². The van der Waals surface area contributed by atoms with E-state index in [2.05, 4.69) is 10.3 Å². The van der Waals surface area contributed by atoms with Crippen molar-refractivity contribution in [1.82, 2.24) is 9.55 Å². The van der Waals surface area contributed by atoms with Crippen molar-refractivity contribution in [1.29, 1.82) is 0 Å². The molecule has 3 aromatic carbocycles. The first kappa shape index (κ1) is 23.5. The molecule has 1 aliphatic rings. The zero-order chi connectivity index (χ0) is 25.2. The number of aliphatic imine (C=N–C) groups is 1. The Kier molecular flexibility index (Phi) is 6.40. The zero-order valence-corrected chi connectivity index (χ0v) is 20.2. The Morgan fingerprint density at radius 3 is 2.53 bits per heavy atom. The van der Waals surface area contributed by atoms with E-state index >= 15 is 0 Å². The minimum Gasteiger partial charge on any atom is -0.481 e. The summed E-state index contributed by atoms with van der Waals surface area (Å²) in [4.78, 5) is 33.4. The normalized spacial score (nSPS) is 15.0. The number of benzene rings is 3. The molecule has 2 N–H and O–H groups in total. The number of aliphatic carboxylic acids is 1. The molecule has 2 heterocycles. The number of amides is 1. The first-order valence-electron chi connectivity index (χ1n) is 11.5. The molecular weight excluding hydrogens is 476 g/mol. The number of carbonyl (C=O) groups is 2. The van der Waals surface area contributed by atoms with Crippen LogP contribution < -0.4 is 5.32 Å². The summed E-state index contributed by atoms with van der Waals surface area (Å²) in [6.45, 7) is 0. The Balaban J connectivity index is 1.55.